The fourth-order valence-corrected chi connectivity index (χ4v) is 11.2. The Morgan fingerprint density at radius 2 is 1.19 bits per heavy atom. The number of unbranched alkanes of at least 4 members (excludes halogenated alkanes) is 23. The molecular formula is C58H105FN2O20. The standard InChI is InChI=1S/C58H105FN2O20/c1-4-6-8-10-12-14-16-18-20-22-24-26-28-30-39(66)38(61-44(69)31-29-27-25-23-21-19-17-15-13-11-9-7-5-2)36-77-55-51(74)50(73)52(43(35-64)79-55)80-56-49(72)45(48(71)42(34-63)78-56)54(59)58(57(75)76)32-40(67)46(60-37(3)65)53(81-58)47(70)41(68)33-62/h28,30,38-43,45-56,62-64,66-68,70-74H,4-27,29,31-36H2,1-3H3,(H,60,65)(H,61,69)(H,75,76)/b30-28+/t38-,39-,40+,41-,42-,43-,45+,46-,47-,48+,49-,50-,51-,52-,53-,54+,55-,56+,58+/m1/s1. The summed E-state index contributed by atoms with van der Waals surface area (Å²) >= 11 is 0. The van der Waals surface area contributed by atoms with Crippen molar-refractivity contribution in [3.05, 3.63) is 12.2 Å². The van der Waals surface area contributed by atoms with Crippen molar-refractivity contribution < 1.29 is 104 Å². The second-order valence-corrected chi connectivity index (χ2v) is 22.8. The van der Waals surface area contributed by atoms with Crippen LogP contribution in [0.15, 0.2) is 12.2 Å². The first-order valence-corrected chi connectivity index (χ1v) is 30.5. The van der Waals surface area contributed by atoms with Gasteiger partial charge in [0.1, 0.15) is 61.1 Å². The highest BCUT2D eigenvalue weighted by atomic mass is 19.1. The second-order valence-electron chi connectivity index (χ2n) is 22.8. The molecule has 0 aromatic carbocycles. The number of allylic oxidation sites excluding steroid dienone is 1. The summed E-state index contributed by atoms with van der Waals surface area (Å²) in [6.45, 7) is 1.81. The van der Waals surface area contributed by atoms with Gasteiger partial charge in [-0.15, -0.1) is 0 Å². The number of aliphatic hydroxyl groups excluding tert-OH is 11. The number of hydrogen-bond acceptors (Lipinski definition) is 19. The number of carboxylic acids is 1. The first kappa shape index (κ1) is 72.7. The van der Waals surface area contributed by atoms with Gasteiger partial charge in [0.2, 0.25) is 11.8 Å². The number of ether oxygens (including phenoxy) is 5. The molecule has 3 rings (SSSR count). The Morgan fingerprint density at radius 1 is 0.679 bits per heavy atom. The van der Waals surface area contributed by atoms with Gasteiger partial charge in [0.15, 0.2) is 18.2 Å². The predicted octanol–water partition coefficient (Wildman–Crippen LogP) is 3.00. The van der Waals surface area contributed by atoms with Gasteiger partial charge in [-0.2, -0.15) is 0 Å². The zero-order chi connectivity index (χ0) is 59.9. The van der Waals surface area contributed by atoms with Gasteiger partial charge >= 0.3 is 5.97 Å². The van der Waals surface area contributed by atoms with Crippen LogP contribution >= 0.6 is 0 Å². The summed E-state index contributed by atoms with van der Waals surface area (Å²) in [7, 11) is 0. The number of carbonyl (C=O) groups excluding carboxylic acids is 2. The van der Waals surface area contributed by atoms with Crippen molar-refractivity contribution in [2.75, 3.05) is 26.4 Å². The van der Waals surface area contributed by atoms with Crippen molar-refractivity contribution in [1.82, 2.24) is 10.6 Å². The molecule has 0 unspecified atom stereocenters. The maximum atomic E-state index is 17.3. The Balaban J connectivity index is 1.71. The van der Waals surface area contributed by atoms with Crippen molar-refractivity contribution in [3.8, 4) is 0 Å². The lowest BCUT2D eigenvalue weighted by molar-refractivity contribution is -0.362. The normalized spacial score (nSPS) is 30.9. The van der Waals surface area contributed by atoms with Gasteiger partial charge in [-0.1, -0.05) is 167 Å². The van der Waals surface area contributed by atoms with Gasteiger partial charge in [0.05, 0.1) is 62.7 Å². The third-order valence-electron chi connectivity index (χ3n) is 16.1. The van der Waals surface area contributed by atoms with Crippen molar-refractivity contribution in [2.45, 2.75) is 304 Å². The van der Waals surface area contributed by atoms with Crippen LogP contribution in [0.25, 0.3) is 0 Å². The summed E-state index contributed by atoms with van der Waals surface area (Å²) < 4.78 is 46.0. The van der Waals surface area contributed by atoms with E-state index in [0.29, 0.717) is 12.8 Å². The molecule has 19 atom stereocenters. The van der Waals surface area contributed by atoms with E-state index >= 15 is 4.39 Å². The van der Waals surface area contributed by atoms with Crippen LogP contribution in [0.4, 0.5) is 4.39 Å². The van der Waals surface area contributed by atoms with E-state index in [0.717, 1.165) is 51.9 Å². The lowest BCUT2D eigenvalue weighted by atomic mass is 9.73. The number of amides is 2. The molecular weight excluding hydrogens is 1060 g/mol. The summed E-state index contributed by atoms with van der Waals surface area (Å²) in [6.07, 6.45) is 0.119. The average Bonchev–Trinajstić information content (AvgIpc) is 3.50. The van der Waals surface area contributed by atoms with Crippen LogP contribution < -0.4 is 10.6 Å². The van der Waals surface area contributed by atoms with Crippen LogP contribution in [0.5, 0.6) is 0 Å². The molecule has 3 fully saturated rings. The molecule has 3 aliphatic heterocycles. The van der Waals surface area contributed by atoms with Gasteiger partial charge in [0, 0.05) is 19.8 Å². The van der Waals surface area contributed by atoms with Crippen molar-refractivity contribution >= 4 is 17.8 Å². The van der Waals surface area contributed by atoms with Crippen molar-refractivity contribution in [1.29, 1.82) is 0 Å². The Kier molecular flexibility index (Phi) is 35.8. The molecule has 2 amide bonds. The summed E-state index contributed by atoms with van der Waals surface area (Å²) in [5, 5.41) is 135. The third-order valence-corrected chi connectivity index (χ3v) is 16.1. The largest absolute Gasteiger partial charge is 0.479 e. The number of halogens is 1. The number of rotatable bonds is 43. The van der Waals surface area contributed by atoms with Crippen LogP contribution in [0.3, 0.4) is 0 Å². The lowest BCUT2D eigenvalue weighted by Crippen LogP contribution is -2.72. The minimum atomic E-state index is -3.29. The van der Waals surface area contributed by atoms with Crippen LogP contribution in [0.2, 0.25) is 0 Å². The second kappa shape index (κ2) is 39.9. The smallest absolute Gasteiger partial charge is 0.339 e. The number of aliphatic hydroxyl groups is 11. The zero-order valence-corrected chi connectivity index (χ0v) is 48.5. The van der Waals surface area contributed by atoms with E-state index < -0.39 is 160 Å². The van der Waals surface area contributed by atoms with Crippen molar-refractivity contribution in [3.63, 3.8) is 0 Å². The predicted molar refractivity (Wildman–Crippen MR) is 296 cm³/mol. The number of carboxylic acid groups (broad SMARTS) is 1. The molecule has 0 aliphatic carbocycles. The molecule has 14 N–H and O–H groups in total. The van der Waals surface area contributed by atoms with Gasteiger partial charge in [-0.05, 0) is 19.3 Å². The molecule has 81 heavy (non-hydrogen) atoms. The first-order valence-electron chi connectivity index (χ1n) is 30.5. The number of hydrogen-bond donors (Lipinski definition) is 14. The van der Waals surface area contributed by atoms with Gasteiger partial charge in [-0.25, -0.2) is 9.18 Å². The van der Waals surface area contributed by atoms with E-state index in [2.05, 4.69) is 24.5 Å². The van der Waals surface area contributed by atoms with Crippen LogP contribution in [-0.2, 0) is 38.1 Å². The average molecular weight is 1170 g/mol. The molecule has 0 bridgehead atoms. The van der Waals surface area contributed by atoms with E-state index in [9.17, 15) is 75.7 Å². The number of carbonyl (C=O) groups is 3. The van der Waals surface area contributed by atoms with Crippen LogP contribution in [0.1, 0.15) is 194 Å². The minimum Gasteiger partial charge on any atom is -0.479 e. The summed E-state index contributed by atoms with van der Waals surface area (Å²) in [6, 6.07) is -2.73. The highest BCUT2D eigenvalue weighted by Gasteiger charge is 2.64. The summed E-state index contributed by atoms with van der Waals surface area (Å²) in [5.41, 5.74) is -3.29. The number of nitrogens with one attached hydrogen (secondary N) is 2. The molecule has 0 aromatic rings. The number of alkyl halides is 1. The highest BCUT2D eigenvalue weighted by molar-refractivity contribution is 5.79. The molecule has 0 saturated carbocycles. The van der Waals surface area contributed by atoms with Gasteiger partial charge < -0.3 is 95.6 Å². The highest BCUT2D eigenvalue weighted by Crippen LogP contribution is 2.44. The molecule has 0 spiro atoms. The zero-order valence-electron chi connectivity index (χ0n) is 48.5. The first-order chi connectivity index (χ1) is 38.8. The minimum absolute atomic E-state index is 0.188. The fourth-order valence-electron chi connectivity index (χ4n) is 11.2. The third kappa shape index (κ3) is 23.7. The van der Waals surface area contributed by atoms with Gasteiger partial charge in [-0.3, -0.25) is 9.59 Å². The molecule has 3 saturated heterocycles. The van der Waals surface area contributed by atoms with E-state index in [4.69, 9.17) is 23.7 Å². The fraction of sp³-hybridized carbons (Fsp3) is 0.914. The maximum Gasteiger partial charge on any atom is 0.339 e. The molecule has 474 valence electrons. The molecule has 0 radical (unpaired) electrons. The molecule has 3 aliphatic rings. The maximum absolute atomic E-state index is 17.3. The van der Waals surface area contributed by atoms with E-state index in [1.54, 1.807) is 6.08 Å². The molecule has 0 aromatic heterocycles. The molecule has 22 nitrogen and oxygen atoms in total. The quantitative estimate of drug-likeness (QED) is 0.0308. The SMILES string of the molecule is CCCCCCCCCCCCC/C=C/[C@@H](O)[C@@H](CO[C@@H]1O[C@H](CO)[C@@H](O[C@@H]2O[C@H](CO)[C@H](O)[C@H]([C@H](F)[C@]3(C(=O)O)C[C@H](O)[C@@H](NC(C)=O)[C@H]([C@H](O)[C@H](O)CO)O3)[C@H]2O)[C@H](O)[C@H]1O)NC(=O)CCCCCCCCCCCCCCC. The van der Waals surface area contributed by atoms with Crippen LogP contribution in [0, 0.1) is 5.92 Å². The Morgan fingerprint density at radius 3 is 1.68 bits per heavy atom. The molecule has 3 heterocycles. The lowest BCUT2D eigenvalue weighted by Gasteiger charge is -2.52. The van der Waals surface area contributed by atoms with E-state index in [1.165, 1.54) is 103 Å². The number of aliphatic carboxylic acids is 1. The topological polar surface area (TPSA) is 364 Å². The van der Waals surface area contributed by atoms with E-state index in [1.807, 2.05) is 6.08 Å². The Bertz CT molecular complexity index is 1740. The van der Waals surface area contributed by atoms with Crippen LogP contribution in [-0.4, -0.2) is 215 Å². The molecule has 23 heteroatoms. The van der Waals surface area contributed by atoms with Gasteiger partial charge in [0.25, 0.3) is 0 Å². The summed E-state index contributed by atoms with van der Waals surface area (Å²) in [5.74, 6) is -5.64. The Labute approximate surface area is 479 Å². The van der Waals surface area contributed by atoms with Crippen molar-refractivity contribution in [2.24, 2.45) is 5.92 Å². The monoisotopic (exact) mass is 1170 g/mol. The Hall–Kier alpha value is -2.56. The van der Waals surface area contributed by atoms with E-state index in [-0.39, 0.29) is 12.3 Å². The summed E-state index contributed by atoms with van der Waals surface area (Å²) in [4.78, 5) is 38.4.